The lowest BCUT2D eigenvalue weighted by Gasteiger charge is -2.39. The average Bonchev–Trinajstić information content (AvgIpc) is 3.14. The summed E-state index contributed by atoms with van der Waals surface area (Å²) >= 11 is 0. The average molecular weight is 346 g/mol. The van der Waals surface area contributed by atoms with Gasteiger partial charge in [-0.25, -0.2) is 4.98 Å². The number of rotatable bonds is 5. The highest BCUT2D eigenvalue weighted by Crippen LogP contribution is 2.27. The van der Waals surface area contributed by atoms with Crippen LogP contribution in [0.1, 0.15) is 48.9 Å². The van der Waals surface area contributed by atoms with E-state index in [9.17, 15) is 14.7 Å². The summed E-state index contributed by atoms with van der Waals surface area (Å²) in [6.45, 7) is 2.79. The Balaban J connectivity index is 1.69. The van der Waals surface area contributed by atoms with Crippen LogP contribution in [0.25, 0.3) is 0 Å². The number of pyridine rings is 1. The number of carbonyl (C=O) groups excluding carboxylic acids is 2. The predicted molar refractivity (Wildman–Crippen MR) is 94.2 cm³/mol. The van der Waals surface area contributed by atoms with Crippen LogP contribution in [0, 0.1) is 0 Å². The van der Waals surface area contributed by atoms with Gasteiger partial charge < -0.3 is 20.6 Å². The van der Waals surface area contributed by atoms with E-state index in [2.05, 4.69) is 9.88 Å². The third-order valence-corrected chi connectivity index (χ3v) is 5.10. The molecule has 0 unspecified atom stereocenters. The SMILES string of the molecule is NC(=O)CC[C@]1(O)CCCN(C(=O)c2ccnc(N3CCCC3)c2)C1. The van der Waals surface area contributed by atoms with Crippen molar-refractivity contribution in [1.82, 2.24) is 9.88 Å². The highest BCUT2D eigenvalue weighted by Gasteiger charge is 2.35. The molecule has 3 rings (SSSR count). The number of amides is 2. The monoisotopic (exact) mass is 346 g/mol. The summed E-state index contributed by atoms with van der Waals surface area (Å²) < 4.78 is 0. The van der Waals surface area contributed by atoms with Crippen molar-refractivity contribution in [3.05, 3.63) is 23.9 Å². The fourth-order valence-electron chi connectivity index (χ4n) is 3.70. The third-order valence-electron chi connectivity index (χ3n) is 5.10. The first-order valence-electron chi connectivity index (χ1n) is 8.98. The molecule has 2 fully saturated rings. The van der Waals surface area contributed by atoms with Crippen molar-refractivity contribution in [2.45, 2.75) is 44.1 Å². The van der Waals surface area contributed by atoms with Crippen molar-refractivity contribution in [2.24, 2.45) is 5.73 Å². The molecule has 3 heterocycles. The van der Waals surface area contributed by atoms with Gasteiger partial charge in [0.2, 0.25) is 5.91 Å². The van der Waals surface area contributed by atoms with Crippen molar-refractivity contribution in [2.75, 3.05) is 31.1 Å². The van der Waals surface area contributed by atoms with E-state index in [1.54, 1.807) is 17.2 Å². The van der Waals surface area contributed by atoms with Crippen LogP contribution in [0.4, 0.5) is 5.82 Å². The number of carbonyl (C=O) groups is 2. The third kappa shape index (κ3) is 4.28. The van der Waals surface area contributed by atoms with Gasteiger partial charge in [-0.05, 0) is 44.2 Å². The molecule has 7 nitrogen and oxygen atoms in total. The van der Waals surface area contributed by atoms with Crippen molar-refractivity contribution < 1.29 is 14.7 Å². The number of aliphatic hydroxyl groups is 1. The van der Waals surface area contributed by atoms with Crippen molar-refractivity contribution in [1.29, 1.82) is 0 Å². The van der Waals surface area contributed by atoms with Gasteiger partial charge >= 0.3 is 0 Å². The van der Waals surface area contributed by atoms with Gasteiger partial charge in [-0.1, -0.05) is 0 Å². The molecule has 0 bridgehead atoms. The zero-order chi connectivity index (χ0) is 17.9. The molecular weight excluding hydrogens is 320 g/mol. The maximum absolute atomic E-state index is 12.9. The fourth-order valence-corrected chi connectivity index (χ4v) is 3.70. The van der Waals surface area contributed by atoms with Crippen molar-refractivity contribution in [3.63, 3.8) is 0 Å². The zero-order valence-electron chi connectivity index (χ0n) is 14.5. The molecule has 2 aliphatic heterocycles. The van der Waals surface area contributed by atoms with E-state index >= 15 is 0 Å². The summed E-state index contributed by atoms with van der Waals surface area (Å²) in [5, 5.41) is 10.7. The Hall–Kier alpha value is -2.15. The molecule has 3 N–H and O–H groups in total. The van der Waals surface area contributed by atoms with Gasteiger partial charge in [0, 0.05) is 44.4 Å². The highest BCUT2D eigenvalue weighted by molar-refractivity contribution is 5.95. The minimum atomic E-state index is -1.03. The van der Waals surface area contributed by atoms with E-state index in [4.69, 9.17) is 5.73 Å². The van der Waals surface area contributed by atoms with E-state index < -0.39 is 11.5 Å². The zero-order valence-corrected chi connectivity index (χ0v) is 14.5. The second-order valence-corrected chi connectivity index (χ2v) is 7.12. The van der Waals surface area contributed by atoms with E-state index in [0.717, 1.165) is 31.7 Å². The molecule has 0 saturated carbocycles. The minimum absolute atomic E-state index is 0.0972. The number of anilines is 1. The second-order valence-electron chi connectivity index (χ2n) is 7.12. The first-order chi connectivity index (χ1) is 12.0. The first kappa shape index (κ1) is 17.7. The maximum Gasteiger partial charge on any atom is 0.254 e. The molecule has 1 atom stereocenters. The lowest BCUT2D eigenvalue weighted by molar-refractivity contribution is -0.120. The topological polar surface area (TPSA) is 99.8 Å². The number of primary amides is 1. The van der Waals surface area contributed by atoms with Gasteiger partial charge in [0.1, 0.15) is 5.82 Å². The standard InChI is InChI=1S/C18H26N4O3/c19-15(23)4-7-18(25)6-3-11-22(13-18)17(24)14-5-8-20-16(12-14)21-9-1-2-10-21/h5,8,12,25H,1-4,6-7,9-11,13H2,(H2,19,23)/t18-/m1/s1. The quantitative estimate of drug-likeness (QED) is 0.826. The van der Waals surface area contributed by atoms with Gasteiger partial charge in [0.25, 0.3) is 5.91 Å². The summed E-state index contributed by atoms with van der Waals surface area (Å²) in [6.07, 6.45) is 5.70. The van der Waals surface area contributed by atoms with Crippen LogP contribution in [0.3, 0.4) is 0 Å². The lowest BCUT2D eigenvalue weighted by atomic mass is 9.88. The summed E-state index contributed by atoms with van der Waals surface area (Å²) in [5.74, 6) is 0.311. The van der Waals surface area contributed by atoms with Crippen LogP contribution >= 0.6 is 0 Å². The smallest absolute Gasteiger partial charge is 0.254 e. The summed E-state index contributed by atoms with van der Waals surface area (Å²) in [7, 11) is 0. The van der Waals surface area contributed by atoms with Gasteiger partial charge in [-0.2, -0.15) is 0 Å². The molecule has 1 aromatic rings. The Bertz CT molecular complexity index is 645. The van der Waals surface area contributed by atoms with Crippen LogP contribution in [-0.2, 0) is 4.79 Å². The normalized spacial score (nSPS) is 23.7. The largest absolute Gasteiger partial charge is 0.388 e. The molecular formula is C18H26N4O3. The minimum Gasteiger partial charge on any atom is -0.388 e. The number of hydrogen-bond donors (Lipinski definition) is 2. The number of piperidine rings is 1. The Morgan fingerprint density at radius 2 is 2.00 bits per heavy atom. The Morgan fingerprint density at radius 3 is 2.72 bits per heavy atom. The summed E-state index contributed by atoms with van der Waals surface area (Å²) in [6, 6.07) is 3.56. The molecule has 2 amide bonds. The molecule has 2 aliphatic rings. The van der Waals surface area contributed by atoms with Crippen LogP contribution < -0.4 is 10.6 Å². The van der Waals surface area contributed by atoms with Gasteiger partial charge in [0.05, 0.1) is 5.60 Å². The van der Waals surface area contributed by atoms with Crippen molar-refractivity contribution >= 4 is 17.6 Å². The molecule has 0 spiro atoms. The van der Waals surface area contributed by atoms with Crippen molar-refractivity contribution in [3.8, 4) is 0 Å². The Morgan fingerprint density at radius 1 is 1.24 bits per heavy atom. The molecule has 0 radical (unpaired) electrons. The Labute approximate surface area is 147 Å². The highest BCUT2D eigenvalue weighted by atomic mass is 16.3. The fraction of sp³-hybridized carbons (Fsp3) is 0.611. The molecule has 25 heavy (non-hydrogen) atoms. The van der Waals surface area contributed by atoms with Gasteiger partial charge in [-0.3, -0.25) is 9.59 Å². The van der Waals surface area contributed by atoms with E-state index in [1.165, 1.54) is 0 Å². The molecule has 136 valence electrons. The van der Waals surface area contributed by atoms with E-state index in [0.29, 0.717) is 31.4 Å². The maximum atomic E-state index is 12.9. The molecule has 0 aliphatic carbocycles. The van der Waals surface area contributed by atoms with Crippen LogP contribution in [0.15, 0.2) is 18.3 Å². The van der Waals surface area contributed by atoms with Gasteiger partial charge in [0.15, 0.2) is 0 Å². The van der Waals surface area contributed by atoms with Gasteiger partial charge in [-0.15, -0.1) is 0 Å². The number of β-amino-alcohol motifs (C(OH)–C–C–N with tert-alkyl or cyclic N) is 1. The Kier molecular flexibility index (Phi) is 5.22. The molecule has 0 aromatic carbocycles. The first-order valence-corrected chi connectivity index (χ1v) is 8.98. The number of aromatic nitrogens is 1. The number of nitrogens with zero attached hydrogens (tertiary/aromatic N) is 3. The summed E-state index contributed by atoms with van der Waals surface area (Å²) in [5.41, 5.74) is 4.75. The number of hydrogen-bond acceptors (Lipinski definition) is 5. The lowest BCUT2D eigenvalue weighted by Crippen LogP contribution is -2.50. The predicted octanol–water partition coefficient (Wildman–Crippen LogP) is 0.914. The molecule has 7 heteroatoms. The molecule has 2 saturated heterocycles. The number of nitrogens with two attached hydrogens (primary N) is 1. The second kappa shape index (κ2) is 7.39. The van der Waals surface area contributed by atoms with Crippen LogP contribution in [-0.4, -0.2) is 58.6 Å². The van der Waals surface area contributed by atoms with E-state index in [1.807, 2.05) is 6.07 Å². The number of likely N-dealkylation sites (tertiary alicyclic amines) is 1. The van der Waals surface area contributed by atoms with Crippen LogP contribution in [0.2, 0.25) is 0 Å². The molecule has 1 aromatic heterocycles. The van der Waals surface area contributed by atoms with E-state index in [-0.39, 0.29) is 18.9 Å². The summed E-state index contributed by atoms with van der Waals surface area (Å²) in [4.78, 5) is 32.1. The van der Waals surface area contributed by atoms with Crippen LogP contribution in [0.5, 0.6) is 0 Å².